The third-order valence-corrected chi connectivity index (χ3v) is 6.37. The van der Waals surface area contributed by atoms with E-state index in [4.69, 9.17) is 10.6 Å². The van der Waals surface area contributed by atoms with Gasteiger partial charge in [0.1, 0.15) is 17.1 Å². The van der Waals surface area contributed by atoms with Crippen molar-refractivity contribution < 1.29 is 29.4 Å². The molecule has 1 saturated heterocycles. The molecule has 0 aromatic carbocycles. The van der Waals surface area contributed by atoms with Crippen LogP contribution in [0.15, 0.2) is 34.8 Å². The number of fused-ring (bicyclic) bond motifs is 1. The molecule has 5 N–H and O–H groups in total. The number of carbonyl (C=O) groups excluding carboxylic acids is 1. The summed E-state index contributed by atoms with van der Waals surface area (Å²) in [5.41, 5.74) is 8.09. The van der Waals surface area contributed by atoms with E-state index >= 15 is 0 Å². The highest BCUT2D eigenvalue weighted by molar-refractivity contribution is 8.01. The first-order valence-electron chi connectivity index (χ1n) is 8.35. The standard InChI is InChI=1S/C15H17N7O6S2/c1-2-3-28-18-8(13(24)25)4-21-15(17-19-20-21)30-6-7-5-29-12-9(16)11(23)22(12)10(7)14(26)27/h2,4,9,12,18H,1,3,5-6,16H2,(H,24,25)(H,26,27)/t9?,12-/m0/s1. The van der Waals surface area contributed by atoms with Crippen LogP contribution in [0.3, 0.4) is 0 Å². The minimum atomic E-state index is -1.30. The van der Waals surface area contributed by atoms with Gasteiger partial charge in [0.15, 0.2) is 5.70 Å². The summed E-state index contributed by atoms with van der Waals surface area (Å²) in [4.78, 5) is 41.2. The first kappa shape index (κ1) is 21.8. The van der Waals surface area contributed by atoms with Crippen LogP contribution in [0.25, 0.3) is 6.20 Å². The van der Waals surface area contributed by atoms with Crippen molar-refractivity contribution in [3.8, 4) is 0 Å². The summed E-state index contributed by atoms with van der Waals surface area (Å²) in [5, 5.41) is 29.7. The molecule has 0 spiro atoms. The molecule has 1 aromatic rings. The zero-order chi connectivity index (χ0) is 21.8. The summed E-state index contributed by atoms with van der Waals surface area (Å²) in [7, 11) is 0. The number of nitrogens with one attached hydrogen (secondary N) is 1. The molecule has 3 rings (SSSR count). The maximum atomic E-state index is 12.0. The Morgan fingerprint density at radius 3 is 2.90 bits per heavy atom. The summed E-state index contributed by atoms with van der Waals surface area (Å²) >= 11 is 2.48. The number of β-lactam (4-membered cyclic amide) rings is 1. The summed E-state index contributed by atoms with van der Waals surface area (Å²) in [6.07, 6.45) is 2.55. The Morgan fingerprint density at radius 1 is 1.47 bits per heavy atom. The van der Waals surface area contributed by atoms with Crippen LogP contribution in [-0.2, 0) is 19.2 Å². The number of carboxylic acid groups (broad SMARTS) is 2. The van der Waals surface area contributed by atoms with Crippen molar-refractivity contribution in [2.75, 3.05) is 18.1 Å². The highest BCUT2D eigenvalue weighted by atomic mass is 32.2. The second-order valence-electron chi connectivity index (χ2n) is 5.94. The zero-order valence-corrected chi connectivity index (χ0v) is 16.9. The summed E-state index contributed by atoms with van der Waals surface area (Å²) in [5.74, 6) is -2.39. The lowest BCUT2D eigenvalue weighted by molar-refractivity contribution is -0.147. The van der Waals surface area contributed by atoms with Crippen LogP contribution in [0.5, 0.6) is 0 Å². The number of carboxylic acids is 2. The molecule has 1 fully saturated rings. The third-order valence-electron chi connectivity index (χ3n) is 3.99. The van der Waals surface area contributed by atoms with Crippen molar-refractivity contribution in [2.45, 2.75) is 16.6 Å². The van der Waals surface area contributed by atoms with Crippen molar-refractivity contribution in [3.05, 3.63) is 29.6 Å². The molecule has 160 valence electrons. The molecule has 0 aliphatic carbocycles. The number of carbonyl (C=O) groups is 3. The number of hydroxylamine groups is 1. The van der Waals surface area contributed by atoms with E-state index in [0.29, 0.717) is 11.3 Å². The monoisotopic (exact) mass is 455 g/mol. The fourth-order valence-corrected chi connectivity index (χ4v) is 4.91. The topological polar surface area (TPSA) is 186 Å². The van der Waals surface area contributed by atoms with Crippen LogP contribution in [0.1, 0.15) is 0 Å². The van der Waals surface area contributed by atoms with Crippen molar-refractivity contribution in [1.29, 1.82) is 0 Å². The Labute approximate surface area is 177 Å². The first-order chi connectivity index (χ1) is 14.3. The van der Waals surface area contributed by atoms with Crippen LogP contribution >= 0.6 is 23.5 Å². The molecule has 1 amide bonds. The molecule has 2 atom stereocenters. The van der Waals surface area contributed by atoms with Gasteiger partial charge in [-0.2, -0.15) is 4.68 Å². The van der Waals surface area contributed by atoms with Gasteiger partial charge in [0.2, 0.25) is 11.1 Å². The highest BCUT2D eigenvalue weighted by Crippen LogP contribution is 2.40. The zero-order valence-electron chi connectivity index (χ0n) is 15.3. The van der Waals surface area contributed by atoms with Gasteiger partial charge in [-0.1, -0.05) is 17.8 Å². The van der Waals surface area contributed by atoms with Crippen LogP contribution in [0, 0.1) is 0 Å². The number of hydrogen-bond donors (Lipinski definition) is 4. The lowest BCUT2D eigenvalue weighted by Crippen LogP contribution is -2.68. The van der Waals surface area contributed by atoms with Crippen molar-refractivity contribution in [2.24, 2.45) is 5.73 Å². The van der Waals surface area contributed by atoms with Crippen LogP contribution in [-0.4, -0.2) is 82.7 Å². The van der Waals surface area contributed by atoms with E-state index in [2.05, 4.69) is 27.6 Å². The number of tetrazole rings is 1. The van der Waals surface area contributed by atoms with Crippen LogP contribution in [0.4, 0.5) is 0 Å². The van der Waals surface area contributed by atoms with E-state index in [1.165, 1.54) is 22.7 Å². The van der Waals surface area contributed by atoms with Gasteiger partial charge in [0, 0.05) is 11.5 Å². The Bertz CT molecular complexity index is 946. The first-order valence-corrected chi connectivity index (χ1v) is 10.4. The molecule has 1 aromatic heterocycles. The van der Waals surface area contributed by atoms with Crippen molar-refractivity contribution in [3.63, 3.8) is 0 Å². The van der Waals surface area contributed by atoms with Crippen LogP contribution < -0.4 is 11.2 Å². The normalized spacial score (nSPS) is 21.2. The minimum Gasteiger partial charge on any atom is -0.477 e. The van der Waals surface area contributed by atoms with Crippen molar-refractivity contribution in [1.82, 2.24) is 30.6 Å². The fourth-order valence-electron chi connectivity index (χ4n) is 2.63. The lowest BCUT2D eigenvalue weighted by atomic mass is 10.0. The molecule has 0 radical (unpaired) electrons. The van der Waals surface area contributed by atoms with Gasteiger partial charge in [0.05, 0.1) is 12.8 Å². The number of amides is 1. The van der Waals surface area contributed by atoms with E-state index in [0.717, 1.165) is 22.6 Å². The SMILES string of the molecule is C=CCONC(=Cn1nnnc1SCC1=C(C(=O)O)N2C(=O)C(N)[C@@H]2SC1)C(=O)O. The largest absolute Gasteiger partial charge is 0.477 e. The molecule has 0 bridgehead atoms. The Kier molecular flexibility index (Phi) is 6.76. The second kappa shape index (κ2) is 9.29. The molecular formula is C15H17N7O6S2. The summed E-state index contributed by atoms with van der Waals surface area (Å²) in [6.45, 7) is 3.53. The fraction of sp³-hybridized carbons (Fsp3) is 0.333. The van der Waals surface area contributed by atoms with Gasteiger partial charge in [0.25, 0.3) is 0 Å². The maximum Gasteiger partial charge on any atom is 0.355 e. The van der Waals surface area contributed by atoms with Crippen molar-refractivity contribution >= 4 is 47.6 Å². The molecule has 2 aliphatic rings. The Hall–Kier alpha value is -2.88. The van der Waals surface area contributed by atoms with Gasteiger partial charge < -0.3 is 15.9 Å². The second-order valence-corrected chi connectivity index (χ2v) is 7.98. The lowest BCUT2D eigenvalue weighted by Gasteiger charge is -2.48. The van der Waals surface area contributed by atoms with Gasteiger partial charge >= 0.3 is 11.9 Å². The number of aliphatic carboxylic acids is 2. The average molecular weight is 455 g/mol. The summed E-state index contributed by atoms with van der Waals surface area (Å²) in [6, 6.07) is -0.707. The number of nitrogens with two attached hydrogens (primary N) is 1. The number of rotatable bonds is 10. The molecule has 15 heteroatoms. The minimum absolute atomic E-state index is 0.0749. The highest BCUT2D eigenvalue weighted by Gasteiger charge is 2.51. The average Bonchev–Trinajstić information content (AvgIpc) is 3.16. The van der Waals surface area contributed by atoms with Gasteiger partial charge in [-0.25, -0.2) is 9.59 Å². The number of nitrogens with zero attached hydrogens (tertiary/aromatic N) is 5. The molecular weight excluding hydrogens is 438 g/mol. The Balaban J connectivity index is 1.77. The van der Waals surface area contributed by atoms with Gasteiger partial charge in [-0.05, 0) is 16.0 Å². The molecule has 2 aliphatic heterocycles. The molecule has 13 nitrogen and oxygen atoms in total. The Morgan fingerprint density at radius 2 is 2.23 bits per heavy atom. The number of thioether (sulfide) groups is 2. The molecule has 1 unspecified atom stereocenters. The van der Waals surface area contributed by atoms with E-state index in [-0.39, 0.29) is 34.3 Å². The summed E-state index contributed by atoms with van der Waals surface area (Å²) < 4.78 is 1.11. The molecule has 0 saturated carbocycles. The van der Waals surface area contributed by atoms with E-state index in [1.54, 1.807) is 0 Å². The maximum absolute atomic E-state index is 12.0. The predicted molar refractivity (Wildman–Crippen MR) is 105 cm³/mol. The molecule has 3 heterocycles. The van der Waals surface area contributed by atoms with Gasteiger partial charge in [-0.15, -0.1) is 23.4 Å². The number of hydrogen-bond acceptors (Lipinski definition) is 11. The van der Waals surface area contributed by atoms with E-state index < -0.39 is 23.9 Å². The number of aromatic nitrogens is 4. The molecule has 30 heavy (non-hydrogen) atoms. The van der Waals surface area contributed by atoms with Gasteiger partial charge in [-0.3, -0.25) is 20.0 Å². The quantitative estimate of drug-likeness (QED) is 0.0835. The van der Waals surface area contributed by atoms with Crippen LogP contribution in [0.2, 0.25) is 0 Å². The van der Waals surface area contributed by atoms with E-state index in [1.807, 2.05) is 0 Å². The van der Waals surface area contributed by atoms with E-state index in [9.17, 15) is 24.6 Å². The third kappa shape index (κ3) is 4.33. The predicted octanol–water partition coefficient (Wildman–Crippen LogP) is -1.06. The smallest absolute Gasteiger partial charge is 0.355 e.